The van der Waals surface area contributed by atoms with Gasteiger partial charge in [-0.2, -0.15) is 13.2 Å². The number of benzene rings is 2. The molecule has 0 radical (unpaired) electrons. The lowest BCUT2D eigenvalue weighted by molar-refractivity contribution is -0.141. The predicted octanol–water partition coefficient (Wildman–Crippen LogP) is 5.60. The standard InChI is InChI=1S/C23H21F4N5O3S/c1-12-10-13(24)6-9-17(12)35-22-18(19(29-14-7-8-14)20(31-32-22)23(25,26)27)21(33)30-15-4-3-5-16(11-15)36(2,28)34/h3-6,9-11,14,28H,7-8H2,1-2H3,(H,29,32)(H,30,33)/t36-/m0/s1. The van der Waals surface area contributed by atoms with Gasteiger partial charge in [-0.25, -0.2) is 13.4 Å². The first kappa shape index (κ1) is 25.4. The monoisotopic (exact) mass is 523 g/mol. The molecule has 1 atom stereocenters. The molecule has 36 heavy (non-hydrogen) atoms. The summed E-state index contributed by atoms with van der Waals surface area (Å²) in [6.45, 7) is 1.52. The average molecular weight is 524 g/mol. The summed E-state index contributed by atoms with van der Waals surface area (Å²) in [4.78, 5) is 13.5. The van der Waals surface area contributed by atoms with Crippen LogP contribution in [0.1, 0.15) is 34.5 Å². The molecule has 0 bridgehead atoms. The molecule has 4 rings (SSSR count). The first-order chi connectivity index (χ1) is 16.8. The molecule has 190 valence electrons. The maximum absolute atomic E-state index is 13.8. The van der Waals surface area contributed by atoms with Gasteiger partial charge in [-0.1, -0.05) is 6.07 Å². The molecule has 0 aliphatic heterocycles. The zero-order valence-corrected chi connectivity index (χ0v) is 19.9. The second-order valence-electron chi connectivity index (χ2n) is 8.36. The Kier molecular flexibility index (Phi) is 6.60. The lowest BCUT2D eigenvalue weighted by atomic mass is 10.1. The van der Waals surface area contributed by atoms with Crippen LogP contribution >= 0.6 is 0 Å². The zero-order chi connectivity index (χ0) is 26.3. The number of alkyl halides is 3. The van der Waals surface area contributed by atoms with Gasteiger partial charge < -0.3 is 15.4 Å². The van der Waals surface area contributed by atoms with Crippen molar-refractivity contribution < 1.29 is 31.3 Å². The Hall–Kier alpha value is -3.74. The zero-order valence-electron chi connectivity index (χ0n) is 19.1. The first-order valence-corrected chi connectivity index (χ1v) is 12.6. The Labute approximate surface area is 204 Å². The molecule has 2 aromatic carbocycles. The van der Waals surface area contributed by atoms with Crippen molar-refractivity contribution in [3.63, 3.8) is 0 Å². The van der Waals surface area contributed by atoms with Gasteiger partial charge in [-0.3, -0.25) is 4.79 Å². The van der Waals surface area contributed by atoms with Crippen LogP contribution in [0.4, 0.5) is 28.9 Å². The van der Waals surface area contributed by atoms with Gasteiger partial charge in [0.2, 0.25) is 0 Å². The van der Waals surface area contributed by atoms with Gasteiger partial charge >= 0.3 is 6.18 Å². The first-order valence-electron chi connectivity index (χ1n) is 10.7. The summed E-state index contributed by atoms with van der Waals surface area (Å²) in [7, 11) is -3.11. The summed E-state index contributed by atoms with van der Waals surface area (Å²) in [6, 6.07) is 8.84. The molecular formula is C23H21F4N5O3S. The van der Waals surface area contributed by atoms with Crippen molar-refractivity contribution in [2.75, 3.05) is 16.9 Å². The summed E-state index contributed by atoms with van der Waals surface area (Å²) < 4.78 is 80.5. The fourth-order valence-electron chi connectivity index (χ4n) is 3.31. The molecule has 0 spiro atoms. The smallest absolute Gasteiger partial charge is 0.437 e. The van der Waals surface area contributed by atoms with Crippen LogP contribution in [0.15, 0.2) is 47.4 Å². The number of nitrogens with one attached hydrogen (secondary N) is 3. The number of anilines is 2. The Morgan fingerprint density at radius 3 is 2.50 bits per heavy atom. The number of ether oxygens (including phenoxy) is 1. The number of nitrogens with zero attached hydrogens (tertiary/aromatic N) is 2. The fraction of sp³-hybridized carbons (Fsp3) is 0.261. The molecule has 1 aliphatic carbocycles. The highest BCUT2D eigenvalue weighted by atomic mass is 32.2. The summed E-state index contributed by atoms with van der Waals surface area (Å²) in [5.41, 5.74) is -2.12. The predicted molar refractivity (Wildman–Crippen MR) is 124 cm³/mol. The minimum atomic E-state index is -4.93. The van der Waals surface area contributed by atoms with E-state index < -0.39 is 50.5 Å². The number of carbonyl (C=O) groups is 1. The van der Waals surface area contributed by atoms with E-state index in [-0.39, 0.29) is 22.4 Å². The number of halogens is 4. The highest BCUT2D eigenvalue weighted by Crippen LogP contribution is 2.41. The number of aromatic nitrogens is 2. The third-order valence-corrected chi connectivity index (χ3v) is 6.40. The minimum Gasteiger partial charge on any atom is -0.437 e. The Morgan fingerprint density at radius 2 is 1.89 bits per heavy atom. The Bertz CT molecular complexity index is 1440. The molecule has 8 nitrogen and oxygen atoms in total. The number of hydrogen-bond acceptors (Lipinski definition) is 7. The van der Waals surface area contributed by atoms with E-state index in [1.54, 1.807) is 0 Å². The molecule has 0 saturated heterocycles. The van der Waals surface area contributed by atoms with Crippen LogP contribution < -0.4 is 15.4 Å². The van der Waals surface area contributed by atoms with E-state index in [0.29, 0.717) is 18.4 Å². The second-order valence-corrected chi connectivity index (χ2v) is 10.5. The maximum atomic E-state index is 13.8. The van der Waals surface area contributed by atoms with E-state index in [4.69, 9.17) is 9.52 Å². The van der Waals surface area contributed by atoms with Gasteiger partial charge in [-0.05, 0) is 61.7 Å². The van der Waals surface area contributed by atoms with Crippen molar-refractivity contribution in [2.24, 2.45) is 0 Å². The van der Waals surface area contributed by atoms with E-state index >= 15 is 0 Å². The molecule has 0 unspecified atom stereocenters. The lowest BCUT2D eigenvalue weighted by Gasteiger charge is -2.19. The van der Waals surface area contributed by atoms with Crippen LogP contribution in [0.5, 0.6) is 11.6 Å². The van der Waals surface area contributed by atoms with Gasteiger partial charge in [0.1, 0.15) is 17.1 Å². The number of rotatable bonds is 7. The van der Waals surface area contributed by atoms with Crippen molar-refractivity contribution in [3.8, 4) is 11.6 Å². The molecule has 1 aromatic heterocycles. The SMILES string of the molecule is Cc1cc(F)ccc1Oc1nnc(C(F)(F)F)c(NC2CC2)c1C(=O)Nc1cccc([S@@](C)(=N)=O)c1. The van der Waals surface area contributed by atoms with Crippen molar-refractivity contribution in [2.45, 2.75) is 36.9 Å². The van der Waals surface area contributed by atoms with Crippen molar-refractivity contribution in [1.82, 2.24) is 10.2 Å². The molecule has 1 heterocycles. The molecule has 1 amide bonds. The number of amides is 1. The second kappa shape index (κ2) is 9.37. The third kappa shape index (κ3) is 5.73. The normalized spacial score (nSPS) is 15.2. The number of carbonyl (C=O) groups excluding carboxylic acids is 1. The Balaban J connectivity index is 1.83. The van der Waals surface area contributed by atoms with Crippen LogP contribution in [-0.2, 0) is 15.9 Å². The molecule has 3 aromatic rings. The third-order valence-electron chi connectivity index (χ3n) is 5.25. The van der Waals surface area contributed by atoms with Crippen LogP contribution in [0.25, 0.3) is 0 Å². The average Bonchev–Trinajstić information content (AvgIpc) is 3.58. The maximum Gasteiger partial charge on any atom is 0.437 e. The van der Waals surface area contributed by atoms with E-state index in [1.807, 2.05) is 0 Å². The summed E-state index contributed by atoms with van der Waals surface area (Å²) in [5.74, 6) is -2.00. The van der Waals surface area contributed by atoms with Gasteiger partial charge in [0.25, 0.3) is 11.8 Å². The largest absolute Gasteiger partial charge is 0.437 e. The molecule has 1 aliphatic rings. The highest BCUT2D eigenvalue weighted by molar-refractivity contribution is 7.91. The fourth-order valence-corrected chi connectivity index (χ4v) is 4.00. The highest BCUT2D eigenvalue weighted by Gasteiger charge is 2.41. The van der Waals surface area contributed by atoms with Crippen LogP contribution in [0.3, 0.4) is 0 Å². The van der Waals surface area contributed by atoms with Crippen molar-refractivity contribution in [1.29, 1.82) is 4.78 Å². The van der Waals surface area contributed by atoms with Crippen molar-refractivity contribution >= 4 is 27.0 Å². The summed E-state index contributed by atoms with van der Waals surface area (Å²) in [6.07, 6.45) is -2.53. The molecule has 1 fully saturated rings. The van der Waals surface area contributed by atoms with Gasteiger partial charge in [0.15, 0.2) is 5.69 Å². The van der Waals surface area contributed by atoms with Crippen LogP contribution in [0, 0.1) is 17.5 Å². The van der Waals surface area contributed by atoms with E-state index in [0.717, 1.165) is 12.1 Å². The minimum absolute atomic E-state index is 0.0683. The number of hydrogen-bond donors (Lipinski definition) is 3. The van der Waals surface area contributed by atoms with Crippen molar-refractivity contribution in [3.05, 3.63) is 65.1 Å². The van der Waals surface area contributed by atoms with Gasteiger partial charge in [0.05, 0.1) is 15.4 Å². The van der Waals surface area contributed by atoms with E-state index in [2.05, 4.69) is 20.8 Å². The lowest BCUT2D eigenvalue weighted by Crippen LogP contribution is -2.23. The topological polar surface area (TPSA) is 117 Å². The quantitative estimate of drug-likeness (QED) is 0.347. The number of aryl methyl sites for hydroxylation is 1. The molecule has 1 saturated carbocycles. The molecular weight excluding hydrogens is 502 g/mol. The molecule has 13 heteroatoms. The van der Waals surface area contributed by atoms with E-state index in [1.165, 1.54) is 43.5 Å². The summed E-state index contributed by atoms with van der Waals surface area (Å²) >= 11 is 0. The van der Waals surface area contributed by atoms with Gasteiger partial charge in [-0.15, -0.1) is 10.2 Å². The summed E-state index contributed by atoms with van der Waals surface area (Å²) in [5, 5.41) is 12.0. The Morgan fingerprint density at radius 1 is 1.17 bits per heavy atom. The molecule has 3 N–H and O–H groups in total. The van der Waals surface area contributed by atoms with Gasteiger partial charge in [0, 0.05) is 22.9 Å². The van der Waals surface area contributed by atoms with E-state index in [9.17, 15) is 26.6 Å². The van der Waals surface area contributed by atoms with Crippen LogP contribution in [-0.4, -0.2) is 32.6 Å². The van der Waals surface area contributed by atoms with Crippen LogP contribution in [0.2, 0.25) is 0 Å².